The summed E-state index contributed by atoms with van der Waals surface area (Å²) >= 11 is 13.1. The van der Waals surface area contributed by atoms with Crippen molar-refractivity contribution in [3.8, 4) is 5.75 Å². The summed E-state index contributed by atoms with van der Waals surface area (Å²) in [5.41, 5.74) is -0.687. The number of likely N-dealkylation sites (tertiary alicyclic amines) is 1. The maximum absolute atomic E-state index is 14.1. The average Bonchev–Trinajstić information content (AvgIpc) is 2.94. The first-order valence-electron chi connectivity index (χ1n) is 13.1. The van der Waals surface area contributed by atoms with Crippen molar-refractivity contribution in [2.45, 2.75) is 69.6 Å². The normalized spacial score (nSPS) is 27.9. The van der Waals surface area contributed by atoms with E-state index < -0.39 is 17.9 Å². The van der Waals surface area contributed by atoms with E-state index in [1.807, 2.05) is 20.8 Å². The van der Waals surface area contributed by atoms with Gasteiger partial charge in [-0.25, -0.2) is 14.2 Å². The van der Waals surface area contributed by atoms with E-state index >= 15 is 0 Å². The number of hydrogen-bond donors (Lipinski definition) is 0. The van der Waals surface area contributed by atoms with E-state index in [0.29, 0.717) is 44.1 Å². The SMILES string of the molecule is CC(C)(C)OC(=O)N1CCN2C(=O)c3c(N4C[C@@]([SiH3])(N5CC(F)C5)CC4(C)C)nc(Cl)c(Cl)c3OC[C@H]2C1. The van der Waals surface area contributed by atoms with Gasteiger partial charge in [0.05, 0.1) is 6.04 Å². The molecule has 0 N–H and O–H groups in total. The Hall–Kier alpha value is -1.82. The molecule has 2 atom stereocenters. The van der Waals surface area contributed by atoms with Gasteiger partial charge in [-0.2, -0.15) is 0 Å². The fraction of sp³-hybridized carbons (Fsp3) is 0.720. The Bertz CT molecular complexity index is 1160. The van der Waals surface area contributed by atoms with Crippen molar-refractivity contribution in [2.75, 3.05) is 50.8 Å². The van der Waals surface area contributed by atoms with Crippen LogP contribution in [0.1, 0.15) is 51.4 Å². The van der Waals surface area contributed by atoms with E-state index in [2.05, 4.69) is 28.6 Å². The molecule has 210 valence electrons. The molecule has 38 heavy (non-hydrogen) atoms. The number of piperazine rings is 1. The Morgan fingerprint density at radius 2 is 1.89 bits per heavy atom. The van der Waals surface area contributed by atoms with Crippen LogP contribution in [-0.2, 0) is 4.74 Å². The number of fused-ring (bicyclic) bond motifs is 2. The van der Waals surface area contributed by atoms with Gasteiger partial charge >= 0.3 is 6.09 Å². The Morgan fingerprint density at radius 3 is 2.53 bits per heavy atom. The smallest absolute Gasteiger partial charge is 0.410 e. The van der Waals surface area contributed by atoms with Crippen molar-refractivity contribution < 1.29 is 23.5 Å². The molecule has 0 aromatic carbocycles. The van der Waals surface area contributed by atoms with Gasteiger partial charge in [-0.05, 0) is 41.0 Å². The number of rotatable bonds is 2. The second-order valence-corrected chi connectivity index (χ2v) is 15.3. The Morgan fingerprint density at radius 1 is 1.21 bits per heavy atom. The Kier molecular flexibility index (Phi) is 6.85. The van der Waals surface area contributed by atoms with Crippen molar-refractivity contribution in [1.82, 2.24) is 19.7 Å². The number of hydrogen-bond acceptors (Lipinski definition) is 7. The first-order chi connectivity index (χ1) is 17.6. The maximum Gasteiger partial charge on any atom is 0.410 e. The summed E-state index contributed by atoms with van der Waals surface area (Å²) in [5.74, 6) is 0.413. The number of nitrogens with zero attached hydrogens (tertiary/aromatic N) is 5. The highest BCUT2D eigenvalue weighted by molar-refractivity contribution is 6.42. The maximum atomic E-state index is 14.1. The molecule has 0 aliphatic carbocycles. The molecule has 2 amide bonds. The average molecular weight is 589 g/mol. The van der Waals surface area contributed by atoms with Gasteiger partial charge in [-0.15, -0.1) is 0 Å². The molecule has 9 nitrogen and oxygen atoms in total. The molecule has 3 saturated heterocycles. The van der Waals surface area contributed by atoms with E-state index in [1.165, 1.54) is 0 Å². The lowest BCUT2D eigenvalue weighted by Gasteiger charge is -2.46. The predicted octanol–water partition coefficient (Wildman–Crippen LogP) is 2.55. The second-order valence-electron chi connectivity index (χ2n) is 12.7. The topological polar surface area (TPSA) is 78.5 Å². The minimum atomic E-state index is -0.788. The molecule has 5 heterocycles. The summed E-state index contributed by atoms with van der Waals surface area (Å²) in [5, 5.41) is 0.0147. The van der Waals surface area contributed by atoms with E-state index in [1.54, 1.807) is 9.80 Å². The molecule has 1 aromatic rings. The summed E-state index contributed by atoms with van der Waals surface area (Å²) in [6, 6.07) is -0.384. The highest BCUT2D eigenvalue weighted by atomic mass is 35.5. The lowest BCUT2D eigenvalue weighted by atomic mass is 9.96. The number of ether oxygens (including phenoxy) is 2. The second kappa shape index (κ2) is 9.38. The van der Waals surface area contributed by atoms with E-state index in [-0.39, 0.29) is 51.7 Å². The summed E-state index contributed by atoms with van der Waals surface area (Å²) in [6.45, 7) is 12.3. The fourth-order valence-corrected chi connectivity index (χ4v) is 8.09. The molecule has 4 aliphatic heterocycles. The quantitative estimate of drug-likeness (QED) is 0.388. The molecule has 3 fully saturated rings. The van der Waals surface area contributed by atoms with Crippen LogP contribution in [0.2, 0.25) is 10.2 Å². The zero-order valence-corrected chi connectivity index (χ0v) is 26.3. The van der Waals surface area contributed by atoms with Gasteiger partial charge in [0, 0.05) is 60.2 Å². The number of carbonyl (C=O) groups is 2. The molecule has 0 spiro atoms. The van der Waals surface area contributed by atoms with Gasteiger partial charge < -0.3 is 24.2 Å². The standard InChI is InChI=1S/C25H36Cl2FN5O4Si/c1-23(2,3)37-22(35)30-6-7-32-15(10-30)11-36-18-16(21(32)34)20(29-19(27)17(18)26)33-13-25(38,12-24(33,4)5)31-8-14(28)9-31/h14-15H,6-13H2,1-5,38H3/t15-,25-/m1/s1. The fourth-order valence-electron chi connectivity index (χ4n) is 6.18. The van der Waals surface area contributed by atoms with Gasteiger partial charge in [0.2, 0.25) is 0 Å². The zero-order chi connectivity index (χ0) is 27.8. The summed E-state index contributed by atoms with van der Waals surface area (Å²) < 4.78 is 25.5. The van der Waals surface area contributed by atoms with Crippen LogP contribution in [0.15, 0.2) is 0 Å². The molecule has 0 unspecified atom stereocenters. The molecular weight excluding hydrogens is 552 g/mol. The van der Waals surface area contributed by atoms with Crippen LogP contribution in [0, 0.1) is 0 Å². The molecule has 0 bridgehead atoms. The van der Waals surface area contributed by atoms with Gasteiger partial charge in [0.1, 0.15) is 34.8 Å². The van der Waals surface area contributed by atoms with Crippen LogP contribution in [-0.4, -0.2) is 116 Å². The summed E-state index contributed by atoms with van der Waals surface area (Å²) in [4.78, 5) is 39.2. The molecule has 13 heteroatoms. The van der Waals surface area contributed by atoms with E-state index in [4.69, 9.17) is 32.7 Å². The largest absolute Gasteiger partial charge is 0.489 e. The van der Waals surface area contributed by atoms with Crippen LogP contribution in [0.25, 0.3) is 0 Å². The van der Waals surface area contributed by atoms with Crippen LogP contribution in [0.4, 0.5) is 15.0 Å². The van der Waals surface area contributed by atoms with Crippen molar-refractivity contribution in [2.24, 2.45) is 0 Å². The number of carbonyl (C=O) groups excluding carboxylic acids is 2. The van der Waals surface area contributed by atoms with Crippen molar-refractivity contribution >= 4 is 51.3 Å². The molecule has 0 radical (unpaired) electrons. The van der Waals surface area contributed by atoms with Gasteiger partial charge in [-0.3, -0.25) is 9.69 Å². The first kappa shape index (κ1) is 27.7. The van der Waals surface area contributed by atoms with E-state index in [9.17, 15) is 14.0 Å². The van der Waals surface area contributed by atoms with Gasteiger partial charge in [0.25, 0.3) is 5.91 Å². The van der Waals surface area contributed by atoms with Gasteiger partial charge in [0.15, 0.2) is 10.9 Å². The number of aromatic nitrogens is 1. The van der Waals surface area contributed by atoms with E-state index in [0.717, 1.165) is 16.7 Å². The minimum absolute atomic E-state index is 0.0675. The number of alkyl halides is 1. The van der Waals surface area contributed by atoms with Crippen LogP contribution >= 0.6 is 23.2 Å². The molecule has 1 aromatic heterocycles. The number of anilines is 1. The summed E-state index contributed by atoms with van der Waals surface area (Å²) in [7, 11) is 0.831. The highest BCUT2D eigenvalue weighted by Crippen LogP contribution is 2.47. The van der Waals surface area contributed by atoms with Crippen LogP contribution in [0.5, 0.6) is 5.75 Å². The van der Waals surface area contributed by atoms with Gasteiger partial charge in [-0.1, -0.05) is 23.2 Å². The lowest BCUT2D eigenvalue weighted by molar-refractivity contribution is 0.000950. The highest BCUT2D eigenvalue weighted by Gasteiger charge is 2.53. The molecule has 4 aliphatic rings. The van der Waals surface area contributed by atoms with Crippen molar-refractivity contribution in [3.05, 3.63) is 15.7 Å². The van der Waals surface area contributed by atoms with Crippen molar-refractivity contribution in [3.63, 3.8) is 0 Å². The third kappa shape index (κ3) is 4.84. The predicted molar refractivity (Wildman–Crippen MR) is 148 cm³/mol. The molecule has 0 saturated carbocycles. The Balaban J connectivity index is 1.47. The third-order valence-corrected chi connectivity index (χ3v) is 9.99. The van der Waals surface area contributed by atoms with Crippen LogP contribution in [0.3, 0.4) is 0 Å². The number of amides is 2. The lowest BCUT2D eigenvalue weighted by Crippen LogP contribution is -2.62. The number of pyridine rings is 1. The minimum Gasteiger partial charge on any atom is -0.489 e. The monoisotopic (exact) mass is 587 g/mol. The molecular formula is C25H36Cl2FN5O4Si. The first-order valence-corrected chi connectivity index (χ1v) is 14.8. The Labute approximate surface area is 235 Å². The third-order valence-electron chi connectivity index (χ3n) is 7.96. The van der Waals surface area contributed by atoms with Crippen molar-refractivity contribution in [1.29, 1.82) is 0 Å². The zero-order valence-electron chi connectivity index (χ0n) is 22.8. The molecule has 5 rings (SSSR count). The summed E-state index contributed by atoms with van der Waals surface area (Å²) in [6.07, 6.45) is -0.385. The number of halogens is 3. The van der Waals surface area contributed by atoms with Crippen LogP contribution < -0.4 is 9.64 Å².